The van der Waals surface area contributed by atoms with E-state index in [0.29, 0.717) is 24.2 Å². The molecule has 1 saturated heterocycles. The number of amides is 1. The molecular formula is C26H30N4O4S. The zero-order valence-corrected chi connectivity index (χ0v) is 20.3. The van der Waals surface area contributed by atoms with E-state index in [0.717, 1.165) is 50.4 Å². The molecule has 1 fully saturated rings. The molecule has 1 amide bonds. The first kappa shape index (κ1) is 25.0. The summed E-state index contributed by atoms with van der Waals surface area (Å²) in [6.45, 7) is 4.48. The third-order valence-corrected chi connectivity index (χ3v) is 7.25. The van der Waals surface area contributed by atoms with Crippen LogP contribution >= 0.6 is 0 Å². The van der Waals surface area contributed by atoms with Gasteiger partial charge in [0.05, 0.1) is 18.1 Å². The number of ether oxygens (including phenoxy) is 1. The van der Waals surface area contributed by atoms with Crippen LogP contribution in [0, 0.1) is 0 Å². The lowest BCUT2D eigenvalue weighted by molar-refractivity contribution is 0.0376. The molecule has 1 aromatic heterocycles. The summed E-state index contributed by atoms with van der Waals surface area (Å²) in [6, 6.07) is 17.7. The molecule has 0 aliphatic carbocycles. The van der Waals surface area contributed by atoms with E-state index in [4.69, 9.17) is 4.74 Å². The minimum absolute atomic E-state index is 0.212. The number of hydrogen-bond acceptors (Lipinski definition) is 6. The van der Waals surface area contributed by atoms with Crippen LogP contribution in [0.5, 0.6) is 0 Å². The number of benzene rings is 2. The molecule has 2 N–H and O–H groups in total. The average molecular weight is 495 g/mol. The summed E-state index contributed by atoms with van der Waals surface area (Å²) in [5, 5.41) is 2.85. The first-order valence-electron chi connectivity index (χ1n) is 11.7. The van der Waals surface area contributed by atoms with Crippen molar-refractivity contribution in [2.24, 2.45) is 0 Å². The lowest BCUT2D eigenvalue weighted by atomic mass is 10.0. The van der Waals surface area contributed by atoms with E-state index in [9.17, 15) is 13.2 Å². The highest BCUT2D eigenvalue weighted by atomic mass is 32.2. The maximum absolute atomic E-state index is 12.8. The molecule has 0 radical (unpaired) electrons. The Morgan fingerprint density at radius 2 is 1.69 bits per heavy atom. The second-order valence-electron chi connectivity index (χ2n) is 8.42. The van der Waals surface area contributed by atoms with Crippen molar-refractivity contribution in [2.45, 2.75) is 17.7 Å². The van der Waals surface area contributed by atoms with Crippen LogP contribution in [-0.2, 0) is 21.2 Å². The molecule has 0 bridgehead atoms. The molecule has 1 aliphatic rings. The van der Waals surface area contributed by atoms with E-state index < -0.39 is 10.0 Å². The van der Waals surface area contributed by atoms with Crippen molar-refractivity contribution in [3.63, 3.8) is 0 Å². The van der Waals surface area contributed by atoms with Gasteiger partial charge in [-0.3, -0.25) is 14.7 Å². The van der Waals surface area contributed by atoms with Gasteiger partial charge < -0.3 is 10.1 Å². The summed E-state index contributed by atoms with van der Waals surface area (Å²) >= 11 is 0. The fourth-order valence-electron chi connectivity index (χ4n) is 3.94. The summed E-state index contributed by atoms with van der Waals surface area (Å²) in [5.74, 6) is -0.212. The molecule has 0 unspecified atom stereocenters. The van der Waals surface area contributed by atoms with E-state index in [1.165, 1.54) is 0 Å². The van der Waals surface area contributed by atoms with Crippen molar-refractivity contribution in [3.05, 3.63) is 89.7 Å². The minimum atomic E-state index is -3.60. The lowest BCUT2D eigenvalue weighted by Crippen LogP contribution is -2.38. The van der Waals surface area contributed by atoms with Gasteiger partial charge >= 0.3 is 0 Å². The van der Waals surface area contributed by atoms with Crippen molar-refractivity contribution >= 4 is 21.6 Å². The van der Waals surface area contributed by atoms with Crippen LogP contribution in [0.25, 0.3) is 0 Å². The van der Waals surface area contributed by atoms with Crippen LogP contribution in [0.15, 0.2) is 78.0 Å². The number of carbonyl (C=O) groups excluding carboxylic acids is 1. The number of nitrogens with one attached hydrogen (secondary N) is 2. The highest BCUT2D eigenvalue weighted by molar-refractivity contribution is 7.89. The molecule has 0 spiro atoms. The van der Waals surface area contributed by atoms with Gasteiger partial charge in [0.25, 0.3) is 5.91 Å². The third kappa shape index (κ3) is 7.43. The summed E-state index contributed by atoms with van der Waals surface area (Å²) in [5.41, 5.74) is 2.98. The maximum Gasteiger partial charge on any atom is 0.255 e. The number of rotatable bonds is 10. The van der Waals surface area contributed by atoms with Crippen LogP contribution in [0.3, 0.4) is 0 Å². The number of morpholine rings is 1. The van der Waals surface area contributed by atoms with Gasteiger partial charge in [-0.15, -0.1) is 0 Å². The number of aromatic nitrogens is 1. The molecule has 8 nitrogen and oxygen atoms in total. The van der Waals surface area contributed by atoms with Crippen molar-refractivity contribution in [1.29, 1.82) is 0 Å². The second kappa shape index (κ2) is 12.0. The monoisotopic (exact) mass is 494 g/mol. The van der Waals surface area contributed by atoms with Crippen molar-refractivity contribution in [2.75, 3.05) is 44.7 Å². The Morgan fingerprint density at radius 1 is 0.971 bits per heavy atom. The molecule has 0 atom stereocenters. The Balaban J connectivity index is 1.35. The first-order valence-corrected chi connectivity index (χ1v) is 13.2. The number of hydrogen-bond donors (Lipinski definition) is 2. The number of sulfonamides is 1. The molecule has 2 heterocycles. The third-order valence-electron chi connectivity index (χ3n) is 5.79. The Bertz CT molecular complexity index is 1230. The molecule has 3 aromatic rings. The Hall–Kier alpha value is -3.11. The van der Waals surface area contributed by atoms with Crippen LogP contribution in [0.2, 0.25) is 0 Å². The maximum atomic E-state index is 12.8. The highest BCUT2D eigenvalue weighted by Gasteiger charge is 2.15. The Kier molecular flexibility index (Phi) is 8.59. The van der Waals surface area contributed by atoms with Gasteiger partial charge in [0, 0.05) is 43.3 Å². The van der Waals surface area contributed by atoms with E-state index in [2.05, 4.69) is 19.9 Å². The molecule has 35 heavy (non-hydrogen) atoms. The summed E-state index contributed by atoms with van der Waals surface area (Å²) in [7, 11) is -3.60. The molecule has 9 heteroatoms. The van der Waals surface area contributed by atoms with Gasteiger partial charge in [0.15, 0.2) is 0 Å². The first-order chi connectivity index (χ1) is 17.0. The fourth-order valence-corrected chi connectivity index (χ4v) is 5.08. The lowest BCUT2D eigenvalue weighted by Gasteiger charge is -2.26. The van der Waals surface area contributed by atoms with Crippen LogP contribution in [-0.4, -0.2) is 63.6 Å². The van der Waals surface area contributed by atoms with E-state index in [1.807, 2.05) is 24.3 Å². The van der Waals surface area contributed by atoms with Crippen molar-refractivity contribution in [3.8, 4) is 0 Å². The number of pyridine rings is 1. The minimum Gasteiger partial charge on any atom is -0.379 e. The normalized spacial score (nSPS) is 14.5. The standard InChI is InChI=1S/C26H30N4O4S/c31-26(29-24-8-11-27-12-9-24)23-6-1-4-21(19-23)18-22-5-2-7-25(20-22)35(32,33)28-10-3-13-30-14-16-34-17-15-30/h1-2,4-9,11-12,19-20,28H,3,10,13-18H2,(H,27,29,31). The second-order valence-corrected chi connectivity index (χ2v) is 10.2. The molecular weight excluding hydrogens is 464 g/mol. The Labute approximate surface area is 206 Å². The number of nitrogens with zero attached hydrogens (tertiary/aromatic N) is 2. The van der Waals surface area contributed by atoms with Crippen LogP contribution < -0.4 is 10.0 Å². The van der Waals surface area contributed by atoms with Gasteiger partial charge in [0.1, 0.15) is 0 Å². The summed E-state index contributed by atoms with van der Waals surface area (Å²) in [6.07, 6.45) is 4.49. The zero-order valence-electron chi connectivity index (χ0n) is 19.5. The summed E-state index contributed by atoms with van der Waals surface area (Å²) < 4.78 is 33.7. The van der Waals surface area contributed by atoms with Gasteiger partial charge in [-0.1, -0.05) is 24.3 Å². The van der Waals surface area contributed by atoms with Gasteiger partial charge in [-0.2, -0.15) is 0 Å². The summed E-state index contributed by atoms with van der Waals surface area (Å²) in [4.78, 5) is 19.1. The van der Waals surface area contributed by atoms with E-state index in [1.54, 1.807) is 48.8 Å². The predicted octanol–water partition coefficient (Wildman–Crippen LogP) is 2.93. The number of carbonyl (C=O) groups is 1. The van der Waals surface area contributed by atoms with Gasteiger partial charge in [0.2, 0.25) is 10.0 Å². The topological polar surface area (TPSA) is 101 Å². The molecule has 4 rings (SSSR count). The average Bonchev–Trinajstić information content (AvgIpc) is 2.88. The fraction of sp³-hybridized carbons (Fsp3) is 0.308. The zero-order chi connectivity index (χ0) is 24.5. The number of anilines is 1. The van der Waals surface area contributed by atoms with E-state index in [-0.39, 0.29) is 10.8 Å². The predicted molar refractivity (Wildman–Crippen MR) is 135 cm³/mol. The van der Waals surface area contributed by atoms with Gasteiger partial charge in [-0.25, -0.2) is 13.1 Å². The van der Waals surface area contributed by atoms with Crippen LogP contribution in [0.1, 0.15) is 27.9 Å². The highest BCUT2D eigenvalue weighted by Crippen LogP contribution is 2.17. The van der Waals surface area contributed by atoms with Crippen molar-refractivity contribution in [1.82, 2.24) is 14.6 Å². The Morgan fingerprint density at radius 3 is 2.46 bits per heavy atom. The van der Waals surface area contributed by atoms with Crippen molar-refractivity contribution < 1.29 is 17.9 Å². The molecule has 184 valence electrons. The van der Waals surface area contributed by atoms with Gasteiger partial charge in [-0.05, 0) is 66.9 Å². The quantitative estimate of drug-likeness (QED) is 0.421. The van der Waals surface area contributed by atoms with E-state index >= 15 is 0 Å². The molecule has 0 saturated carbocycles. The molecule has 1 aliphatic heterocycles. The SMILES string of the molecule is O=C(Nc1ccncc1)c1cccc(Cc2cccc(S(=O)(=O)NCCCN3CCOCC3)c2)c1. The smallest absolute Gasteiger partial charge is 0.255 e. The van der Waals surface area contributed by atoms with Crippen LogP contribution in [0.4, 0.5) is 5.69 Å². The molecule has 2 aromatic carbocycles. The largest absolute Gasteiger partial charge is 0.379 e.